The van der Waals surface area contributed by atoms with Crippen LogP contribution in [0.5, 0.6) is 0 Å². The Bertz CT molecular complexity index is 780. The fourth-order valence-corrected chi connectivity index (χ4v) is 2.44. The Morgan fingerprint density at radius 1 is 1.21 bits per heavy atom. The monoisotopic (exact) mass is 292 g/mol. The molecule has 3 nitrogen and oxygen atoms in total. The summed E-state index contributed by atoms with van der Waals surface area (Å²) < 4.78 is 5.77. The van der Waals surface area contributed by atoms with Crippen LogP contribution in [0.2, 0.25) is 10.0 Å². The third-order valence-electron chi connectivity index (χ3n) is 2.92. The van der Waals surface area contributed by atoms with E-state index in [0.29, 0.717) is 38.3 Å². The predicted octanol–water partition coefficient (Wildman–Crippen LogP) is 4.69. The number of benzene rings is 2. The van der Waals surface area contributed by atoms with Crippen molar-refractivity contribution in [2.75, 3.05) is 5.73 Å². The molecule has 0 amide bonds. The van der Waals surface area contributed by atoms with Crippen molar-refractivity contribution in [3.8, 4) is 11.5 Å². The molecule has 3 rings (SSSR count). The molecule has 0 saturated heterocycles. The van der Waals surface area contributed by atoms with Crippen molar-refractivity contribution in [2.45, 2.75) is 6.92 Å². The molecule has 19 heavy (non-hydrogen) atoms. The number of nitrogens with zero attached hydrogens (tertiary/aromatic N) is 1. The molecule has 0 aliphatic rings. The first-order valence-electron chi connectivity index (χ1n) is 5.67. The van der Waals surface area contributed by atoms with Gasteiger partial charge in [-0.25, -0.2) is 4.98 Å². The Labute approximate surface area is 119 Å². The van der Waals surface area contributed by atoms with Crippen LogP contribution in [0.1, 0.15) is 5.56 Å². The van der Waals surface area contributed by atoms with Gasteiger partial charge in [-0.15, -0.1) is 0 Å². The second-order valence-electron chi connectivity index (χ2n) is 4.29. The minimum absolute atomic E-state index is 0.445. The van der Waals surface area contributed by atoms with Gasteiger partial charge in [0.25, 0.3) is 0 Å². The van der Waals surface area contributed by atoms with Gasteiger partial charge in [-0.2, -0.15) is 0 Å². The third-order valence-corrected chi connectivity index (χ3v) is 3.47. The summed E-state index contributed by atoms with van der Waals surface area (Å²) in [6, 6.07) is 8.95. The van der Waals surface area contributed by atoms with Gasteiger partial charge in [0.15, 0.2) is 5.58 Å². The number of anilines is 1. The number of halogens is 2. The van der Waals surface area contributed by atoms with Gasteiger partial charge in [0.1, 0.15) is 5.52 Å². The molecule has 0 atom stereocenters. The molecular weight excluding hydrogens is 283 g/mol. The summed E-state index contributed by atoms with van der Waals surface area (Å²) in [6.07, 6.45) is 0. The maximum absolute atomic E-state index is 6.01. The smallest absolute Gasteiger partial charge is 0.229 e. The Morgan fingerprint density at radius 2 is 2.00 bits per heavy atom. The van der Waals surface area contributed by atoms with Gasteiger partial charge >= 0.3 is 0 Å². The van der Waals surface area contributed by atoms with Crippen LogP contribution >= 0.6 is 23.2 Å². The zero-order valence-corrected chi connectivity index (χ0v) is 11.6. The molecule has 0 unspecified atom stereocenters. The van der Waals surface area contributed by atoms with E-state index in [1.165, 1.54) is 0 Å². The van der Waals surface area contributed by atoms with Gasteiger partial charge in [-0.3, -0.25) is 0 Å². The highest BCUT2D eigenvalue weighted by Gasteiger charge is 2.14. The van der Waals surface area contributed by atoms with Crippen molar-refractivity contribution in [3.05, 3.63) is 45.9 Å². The maximum atomic E-state index is 6.01. The van der Waals surface area contributed by atoms with Crippen LogP contribution < -0.4 is 5.73 Å². The van der Waals surface area contributed by atoms with Crippen LogP contribution in [-0.4, -0.2) is 4.98 Å². The molecule has 1 aromatic heterocycles. The van der Waals surface area contributed by atoms with E-state index in [1.54, 1.807) is 12.1 Å². The molecule has 0 aliphatic carbocycles. The minimum atomic E-state index is 0.445. The highest BCUT2D eigenvalue weighted by atomic mass is 35.5. The van der Waals surface area contributed by atoms with Gasteiger partial charge < -0.3 is 10.2 Å². The fourth-order valence-electron chi connectivity index (χ4n) is 2.00. The lowest BCUT2D eigenvalue weighted by molar-refractivity contribution is 0.617. The Kier molecular flexibility index (Phi) is 2.88. The number of oxazole rings is 1. The maximum Gasteiger partial charge on any atom is 0.229 e. The molecule has 0 spiro atoms. The SMILES string of the molecule is Cc1cc(Cl)cc2nc(-c3cccc(Cl)c3N)oc12. The number of nitrogens with two attached hydrogens (primary N) is 1. The summed E-state index contributed by atoms with van der Waals surface area (Å²) in [4.78, 5) is 4.42. The molecule has 0 aliphatic heterocycles. The largest absolute Gasteiger partial charge is 0.436 e. The minimum Gasteiger partial charge on any atom is -0.436 e. The first kappa shape index (κ1) is 12.3. The highest BCUT2D eigenvalue weighted by molar-refractivity contribution is 6.33. The number of hydrogen-bond donors (Lipinski definition) is 1. The van der Waals surface area contributed by atoms with Crippen LogP contribution in [0, 0.1) is 6.92 Å². The Balaban J connectivity index is 2.26. The molecule has 0 bridgehead atoms. The third kappa shape index (κ3) is 2.05. The number of hydrogen-bond acceptors (Lipinski definition) is 3. The van der Waals surface area contributed by atoms with E-state index in [0.717, 1.165) is 5.56 Å². The van der Waals surface area contributed by atoms with E-state index in [-0.39, 0.29) is 0 Å². The van der Waals surface area contributed by atoms with Crippen molar-refractivity contribution in [3.63, 3.8) is 0 Å². The number of nitrogen functional groups attached to an aromatic ring is 1. The van der Waals surface area contributed by atoms with Crippen LogP contribution in [0.15, 0.2) is 34.7 Å². The average molecular weight is 293 g/mol. The van der Waals surface area contributed by atoms with Gasteiger partial charge in [-0.05, 0) is 36.8 Å². The van der Waals surface area contributed by atoms with E-state index in [2.05, 4.69) is 4.98 Å². The van der Waals surface area contributed by atoms with Gasteiger partial charge in [0.2, 0.25) is 5.89 Å². The lowest BCUT2D eigenvalue weighted by atomic mass is 10.2. The number of para-hydroxylation sites is 1. The van der Waals surface area contributed by atoms with Gasteiger partial charge in [-0.1, -0.05) is 29.3 Å². The van der Waals surface area contributed by atoms with Crippen molar-refractivity contribution in [2.24, 2.45) is 0 Å². The molecule has 0 fully saturated rings. The van der Waals surface area contributed by atoms with Gasteiger partial charge in [0, 0.05) is 5.02 Å². The van der Waals surface area contributed by atoms with E-state index in [9.17, 15) is 0 Å². The van der Waals surface area contributed by atoms with Gasteiger partial charge in [0.05, 0.1) is 16.3 Å². The summed E-state index contributed by atoms with van der Waals surface area (Å²) in [5.41, 5.74) is 9.43. The fraction of sp³-hybridized carbons (Fsp3) is 0.0714. The number of aromatic nitrogens is 1. The molecule has 0 radical (unpaired) electrons. The standard InChI is InChI=1S/C14H10Cl2N2O/c1-7-5-8(15)6-11-13(7)19-14(18-11)9-3-2-4-10(16)12(9)17/h2-6H,17H2,1H3. The molecule has 2 N–H and O–H groups in total. The topological polar surface area (TPSA) is 52.0 Å². The Morgan fingerprint density at radius 3 is 2.79 bits per heavy atom. The van der Waals surface area contributed by atoms with Crippen LogP contribution in [-0.2, 0) is 0 Å². The summed E-state index contributed by atoms with van der Waals surface area (Å²) in [5.74, 6) is 0.445. The van der Waals surface area contributed by atoms with Crippen molar-refractivity contribution in [1.29, 1.82) is 0 Å². The van der Waals surface area contributed by atoms with Crippen molar-refractivity contribution < 1.29 is 4.42 Å². The summed E-state index contributed by atoms with van der Waals surface area (Å²) >= 11 is 12.0. The summed E-state index contributed by atoms with van der Waals surface area (Å²) in [6.45, 7) is 1.92. The summed E-state index contributed by atoms with van der Waals surface area (Å²) in [5, 5.41) is 1.11. The first-order valence-corrected chi connectivity index (χ1v) is 6.43. The number of aryl methyl sites for hydroxylation is 1. The predicted molar refractivity (Wildman–Crippen MR) is 78.6 cm³/mol. The quantitative estimate of drug-likeness (QED) is 0.662. The van der Waals surface area contributed by atoms with Crippen LogP contribution in [0.3, 0.4) is 0 Å². The molecular formula is C14H10Cl2N2O. The van der Waals surface area contributed by atoms with Crippen LogP contribution in [0.25, 0.3) is 22.6 Å². The van der Waals surface area contributed by atoms with E-state index < -0.39 is 0 Å². The Hall–Kier alpha value is -1.71. The van der Waals surface area contributed by atoms with Crippen molar-refractivity contribution >= 4 is 40.0 Å². The molecule has 1 heterocycles. The first-order chi connectivity index (χ1) is 9.06. The summed E-state index contributed by atoms with van der Waals surface area (Å²) in [7, 11) is 0. The zero-order chi connectivity index (χ0) is 13.6. The average Bonchev–Trinajstić information content (AvgIpc) is 2.76. The zero-order valence-electron chi connectivity index (χ0n) is 10.1. The number of rotatable bonds is 1. The highest BCUT2D eigenvalue weighted by Crippen LogP contribution is 2.34. The lowest BCUT2D eigenvalue weighted by Gasteiger charge is -2.02. The van der Waals surface area contributed by atoms with E-state index >= 15 is 0 Å². The van der Waals surface area contributed by atoms with Crippen molar-refractivity contribution in [1.82, 2.24) is 4.98 Å². The molecule has 0 saturated carbocycles. The molecule has 5 heteroatoms. The van der Waals surface area contributed by atoms with Crippen LogP contribution in [0.4, 0.5) is 5.69 Å². The second kappa shape index (κ2) is 4.44. The molecule has 3 aromatic rings. The van der Waals surface area contributed by atoms with E-state index in [4.69, 9.17) is 33.4 Å². The number of fused-ring (bicyclic) bond motifs is 1. The molecule has 96 valence electrons. The second-order valence-corrected chi connectivity index (χ2v) is 5.13. The lowest BCUT2D eigenvalue weighted by Crippen LogP contribution is -1.90. The van der Waals surface area contributed by atoms with E-state index in [1.807, 2.05) is 25.1 Å². The normalized spacial score (nSPS) is 11.1. The molecule has 2 aromatic carbocycles.